The maximum Gasteiger partial charge on any atom is 0.226 e. The minimum atomic E-state index is -0.0433. The number of carbonyl (C=O) groups is 1. The van der Waals surface area contributed by atoms with Gasteiger partial charge in [-0.15, -0.1) is 0 Å². The molecule has 2 aromatic rings. The Balaban J connectivity index is 2.03. The zero-order valence-electron chi connectivity index (χ0n) is 11.6. The number of hydrogen-bond donors (Lipinski definition) is 2. The molecule has 1 amide bonds. The highest BCUT2D eigenvalue weighted by Gasteiger charge is 2.07. The Morgan fingerprint density at radius 3 is 2.40 bits per heavy atom. The van der Waals surface area contributed by atoms with Gasteiger partial charge in [0, 0.05) is 23.4 Å². The van der Waals surface area contributed by atoms with E-state index in [9.17, 15) is 4.79 Å². The fourth-order valence-electron chi connectivity index (χ4n) is 1.61. The van der Waals surface area contributed by atoms with Crippen LogP contribution in [0, 0.1) is 5.92 Å². The van der Waals surface area contributed by atoms with E-state index in [0.717, 1.165) is 5.69 Å². The highest BCUT2D eigenvalue weighted by molar-refractivity contribution is 5.92. The van der Waals surface area contributed by atoms with Crippen molar-refractivity contribution in [3.63, 3.8) is 0 Å². The van der Waals surface area contributed by atoms with Gasteiger partial charge >= 0.3 is 0 Å². The van der Waals surface area contributed by atoms with E-state index in [-0.39, 0.29) is 11.8 Å². The molecule has 3 N–H and O–H groups in total. The Kier molecular flexibility index (Phi) is 4.25. The number of amides is 1. The molecule has 0 bridgehead atoms. The van der Waals surface area contributed by atoms with E-state index >= 15 is 0 Å². The van der Waals surface area contributed by atoms with Gasteiger partial charge in [0.15, 0.2) is 0 Å². The van der Waals surface area contributed by atoms with Gasteiger partial charge in [-0.25, -0.2) is 0 Å². The molecule has 0 atom stereocenters. The van der Waals surface area contributed by atoms with Crippen molar-refractivity contribution < 1.29 is 9.53 Å². The number of carbonyl (C=O) groups excluding carboxylic acids is 1. The second-order valence-corrected chi connectivity index (χ2v) is 4.84. The number of hydrogen-bond acceptors (Lipinski definition) is 3. The van der Waals surface area contributed by atoms with E-state index < -0.39 is 0 Å². The summed E-state index contributed by atoms with van der Waals surface area (Å²) in [6.07, 6.45) is 0. The van der Waals surface area contributed by atoms with Crippen LogP contribution in [0.3, 0.4) is 0 Å². The number of nitrogens with one attached hydrogen (secondary N) is 1. The van der Waals surface area contributed by atoms with Crippen LogP contribution in [0.2, 0.25) is 0 Å². The molecule has 20 heavy (non-hydrogen) atoms. The van der Waals surface area contributed by atoms with Crippen molar-refractivity contribution in [2.45, 2.75) is 13.8 Å². The summed E-state index contributed by atoms with van der Waals surface area (Å²) in [6.45, 7) is 3.71. The lowest BCUT2D eigenvalue weighted by atomic mass is 10.2. The van der Waals surface area contributed by atoms with E-state index in [2.05, 4.69) is 5.32 Å². The van der Waals surface area contributed by atoms with Crippen LogP contribution in [0.25, 0.3) is 0 Å². The van der Waals surface area contributed by atoms with Crippen LogP contribution in [0.15, 0.2) is 48.5 Å². The predicted octanol–water partition coefficient (Wildman–Crippen LogP) is 3.66. The SMILES string of the molecule is CC(C)C(=O)Nc1ccc(Oc2cccc(N)c2)cc1. The summed E-state index contributed by atoms with van der Waals surface area (Å²) in [7, 11) is 0. The maximum absolute atomic E-state index is 11.6. The number of benzene rings is 2. The molecular formula is C16H18N2O2. The Hall–Kier alpha value is -2.49. The summed E-state index contributed by atoms with van der Waals surface area (Å²) in [5.74, 6) is 1.33. The van der Waals surface area contributed by atoms with Crippen LogP contribution in [0.1, 0.15) is 13.8 Å². The summed E-state index contributed by atoms with van der Waals surface area (Å²) >= 11 is 0. The fourth-order valence-corrected chi connectivity index (χ4v) is 1.61. The van der Waals surface area contributed by atoms with Crippen molar-refractivity contribution >= 4 is 17.3 Å². The van der Waals surface area contributed by atoms with Crippen LogP contribution in [0.5, 0.6) is 11.5 Å². The zero-order valence-corrected chi connectivity index (χ0v) is 11.6. The summed E-state index contributed by atoms with van der Waals surface area (Å²) in [4.78, 5) is 11.6. The van der Waals surface area contributed by atoms with E-state index in [4.69, 9.17) is 10.5 Å². The van der Waals surface area contributed by atoms with Crippen molar-refractivity contribution in [2.24, 2.45) is 5.92 Å². The molecular weight excluding hydrogens is 252 g/mol. The van der Waals surface area contributed by atoms with Gasteiger partial charge in [-0.2, -0.15) is 0 Å². The molecule has 0 aliphatic heterocycles. The van der Waals surface area contributed by atoms with Gasteiger partial charge in [0.1, 0.15) is 11.5 Å². The Morgan fingerprint density at radius 2 is 1.80 bits per heavy atom. The number of nitrogens with two attached hydrogens (primary N) is 1. The molecule has 0 fully saturated rings. The van der Waals surface area contributed by atoms with Crippen LogP contribution in [-0.4, -0.2) is 5.91 Å². The van der Waals surface area contributed by atoms with Gasteiger partial charge in [-0.1, -0.05) is 19.9 Å². The first-order valence-electron chi connectivity index (χ1n) is 6.49. The molecule has 0 aliphatic carbocycles. The molecule has 4 heteroatoms. The average molecular weight is 270 g/mol. The van der Waals surface area contributed by atoms with E-state index in [0.29, 0.717) is 17.2 Å². The highest BCUT2D eigenvalue weighted by atomic mass is 16.5. The molecule has 0 radical (unpaired) electrons. The second kappa shape index (κ2) is 6.10. The van der Waals surface area contributed by atoms with Crippen molar-refractivity contribution in [3.8, 4) is 11.5 Å². The van der Waals surface area contributed by atoms with Gasteiger partial charge in [-0.3, -0.25) is 4.79 Å². The molecule has 0 unspecified atom stereocenters. The molecule has 2 aromatic carbocycles. The third-order valence-corrected chi connectivity index (χ3v) is 2.74. The van der Waals surface area contributed by atoms with Gasteiger partial charge < -0.3 is 15.8 Å². The fraction of sp³-hybridized carbons (Fsp3) is 0.188. The van der Waals surface area contributed by atoms with Crippen molar-refractivity contribution in [3.05, 3.63) is 48.5 Å². The highest BCUT2D eigenvalue weighted by Crippen LogP contribution is 2.24. The first-order chi connectivity index (χ1) is 9.54. The smallest absolute Gasteiger partial charge is 0.226 e. The molecule has 0 saturated carbocycles. The number of anilines is 2. The van der Waals surface area contributed by atoms with Crippen LogP contribution in [0.4, 0.5) is 11.4 Å². The topological polar surface area (TPSA) is 64.3 Å². The monoisotopic (exact) mass is 270 g/mol. The minimum absolute atomic E-state index is 0.00509. The normalized spacial score (nSPS) is 10.3. The van der Waals surface area contributed by atoms with Crippen LogP contribution in [-0.2, 0) is 4.79 Å². The molecule has 104 valence electrons. The zero-order chi connectivity index (χ0) is 14.5. The van der Waals surface area contributed by atoms with Crippen molar-refractivity contribution in [1.29, 1.82) is 0 Å². The summed E-state index contributed by atoms with van der Waals surface area (Å²) in [6, 6.07) is 14.5. The lowest BCUT2D eigenvalue weighted by Crippen LogP contribution is -2.17. The third kappa shape index (κ3) is 3.75. The van der Waals surface area contributed by atoms with Gasteiger partial charge in [0.25, 0.3) is 0 Å². The Labute approximate surface area is 118 Å². The standard InChI is InChI=1S/C16H18N2O2/c1-11(2)16(19)18-13-6-8-14(9-7-13)20-15-5-3-4-12(17)10-15/h3-11H,17H2,1-2H3,(H,18,19). The average Bonchev–Trinajstić information content (AvgIpc) is 2.41. The quantitative estimate of drug-likeness (QED) is 0.833. The summed E-state index contributed by atoms with van der Waals surface area (Å²) in [5.41, 5.74) is 7.10. The maximum atomic E-state index is 11.6. The molecule has 0 aliphatic rings. The largest absolute Gasteiger partial charge is 0.457 e. The van der Waals surface area contributed by atoms with Gasteiger partial charge in [0.05, 0.1) is 0 Å². The van der Waals surface area contributed by atoms with Gasteiger partial charge in [-0.05, 0) is 36.4 Å². The summed E-state index contributed by atoms with van der Waals surface area (Å²) in [5, 5.41) is 2.83. The van der Waals surface area contributed by atoms with E-state index in [1.54, 1.807) is 24.3 Å². The van der Waals surface area contributed by atoms with Crippen molar-refractivity contribution in [1.82, 2.24) is 0 Å². The number of ether oxygens (including phenoxy) is 1. The van der Waals surface area contributed by atoms with Crippen molar-refractivity contribution in [2.75, 3.05) is 11.1 Å². The molecule has 2 rings (SSSR count). The first-order valence-corrected chi connectivity index (χ1v) is 6.49. The van der Waals surface area contributed by atoms with E-state index in [1.807, 2.05) is 38.1 Å². The van der Waals surface area contributed by atoms with Crippen LogP contribution >= 0.6 is 0 Å². The second-order valence-electron chi connectivity index (χ2n) is 4.84. The molecule has 4 nitrogen and oxygen atoms in total. The molecule has 0 spiro atoms. The summed E-state index contributed by atoms with van der Waals surface area (Å²) < 4.78 is 5.67. The first kappa shape index (κ1) is 13.9. The lowest BCUT2D eigenvalue weighted by molar-refractivity contribution is -0.118. The third-order valence-electron chi connectivity index (χ3n) is 2.74. The molecule has 0 saturated heterocycles. The van der Waals surface area contributed by atoms with Gasteiger partial charge in [0.2, 0.25) is 5.91 Å². The van der Waals surface area contributed by atoms with E-state index in [1.165, 1.54) is 0 Å². The van der Waals surface area contributed by atoms with Crippen LogP contribution < -0.4 is 15.8 Å². The lowest BCUT2D eigenvalue weighted by Gasteiger charge is -2.09. The molecule has 0 heterocycles. The number of rotatable bonds is 4. The minimum Gasteiger partial charge on any atom is -0.457 e. The Bertz CT molecular complexity index is 592. The number of nitrogen functional groups attached to an aromatic ring is 1. The Morgan fingerprint density at radius 1 is 1.10 bits per heavy atom. The molecule has 0 aromatic heterocycles. The predicted molar refractivity (Wildman–Crippen MR) is 80.8 cm³/mol.